The summed E-state index contributed by atoms with van der Waals surface area (Å²) >= 11 is 6.29. The summed E-state index contributed by atoms with van der Waals surface area (Å²) in [6, 6.07) is 6.65. The fourth-order valence-corrected chi connectivity index (χ4v) is 2.27. The molecule has 7 heteroatoms. The Morgan fingerprint density at radius 1 is 1.38 bits per heavy atom. The molecular formula is C14H10ClN3O3. The molecule has 0 fully saturated rings. The summed E-state index contributed by atoms with van der Waals surface area (Å²) in [4.78, 5) is 14.9. The van der Waals surface area contributed by atoms with Crippen LogP contribution in [0.15, 0.2) is 41.2 Å². The predicted octanol–water partition coefficient (Wildman–Crippen LogP) is 3.19. The highest BCUT2D eigenvalue weighted by Crippen LogP contribution is 2.28. The number of aryl methyl sites for hydroxylation is 1. The second-order valence-electron chi connectivity index (χ2n) is 4.39. The van der Waals surface area contributed by atoms with Gasteiger partial charge in [0, 0.05) is 24.0 Å². The van der Waals surface area contributed by atoms with Crippen molar-refractivity contribution in [3.05, 3.63) is 53.2 Å². The number of benzene rings is 1. The van der Waals surface area contributed by atoms with E-state index >= 15 is 0 Å². The highest BCUT2D eigenvalue weighted by Gasteiger charge is 2.14. The number of carboxylic acid groups (broad SMARTS) is 1. The van der Waals surface area contributed by atoms with Crippen molar-refractivity contribution < 1.29 is 14.4 Å². The van der Waals surface area contributed by atoms with Crippen LogP contribution in [-0.4, -0.2) is 25.8 Å². The van der Waals surface area contributed by atoms with E-state index in [-0.39, 0.29) is 5.69 Å². The minimum atomic E-state index is -1.14. The number of imidazole rings is 1. The monoisotopic (exact) mass is 303 g/mol. The number of aromatic carboxylic acids is 1. The molecule has 0 aliphatic rings. The molecule has 6 nitrogen and oxygen atoms in total. The molecule has 0 saturated heterocycles. The fourth-order valence-electron chi connectivity index (χ4n) is 2.00. The summed E-state index contributed by atoms with van der Waals surface area (Å²) in [5.74, 6) is 0.0300. The maximum absolute atomic E-state index is 10.8. The summed E-state index contributed by atoms with van der Waals surface area (Å²) < 4.78 is 6.87. The van der Waals surface area contributed by atoms with Crippen molar-refractivity contribution in [1.29, 1.82) is 0 Å². The second-order valence-corrected chi connectivity index (χ2v) is 4.80. The molecule has 3 aromatic rings. The Morgan fingerprint density at radius 2 is 2.19 bits per heavy atom. The van der Waals surface area contributed by atoms with Gasteiger partial charge < -0.3 is 14.2 Å². The number of halogens is 1. The fraction of sp³-hybridized carbons (Fsp3) is 0.0714. The van der Waals surface area contributed by atoms with Crippen LogP contribution in [0.25, 0.3) is 17.0 Å². The number of carboxylic acids is 1. The zero-order chi connectivity index (χ0) is 15.0. The summed E-state index contributed by atoms with van der Waals surface area (Å²) in [5.41, 5.74) is 1.30. The van der Waals surface area contributed by atoms with Gasteiger partial charge in [-0.3, -0.25) is 0 Å². The lowest BCUT2D eigenvalue weighted by atomic mass is 10.1. The maximum Gasteiger partial charge on any atom is 0.358 e. The third kappa shape index (κ3) is 2.41. The summed E-state index contributed by atoms with van der Waals surface area (Å²) in [6.45, 7) is 1.87. The van der Waals surface area contributed by atoms with Crippen molar-refractivity contribution >= 4 is 17.6 Å². The molecule has 0 saturated carbocycles. The van der Waals surface area contributed by atoms with E-state index in [1.165, 1.54) is 6.07 Å². The van der Waals surface area contributed by atoms with Crippen molar-refractivity contribution in [1.82, 2.24) is 14.7 Å². The van der Waals surface area contributed by atoms with Crippen molar-refractivity contribution in [2.75, 3.05) is 0 Å². The van der Waals surface area contributed by atoms with E-state index in [1.54, 1.807) is 18.3 Å². The third-order valence-electron chi connectivity index (χ3n) is 3.05. The van der Waals surface area contributed by atoms with E-state index in [2.05, 4.69) is 10.1 Å². The number of nitrogens with zero attached hydrogens (tertiary/aromatic N) is 3. The van der Waals surface area contributed by atoms with Gasteiger partial charge in [-0.1, -0.05) is 16.8 Å². The minimum Gasteiger partial charge on any atom is -0.476 e. The molecule has 0 aliphatic heterocycles. The second kappa shape index (κ2) is 5.06. The normalized spacial score (nSPS) is 10.8. The first-order chi connectivity index (χ1) is 10.1. The Balaban J connectivity index is 2.01. The van der Waals surface area contributed by atoms with E-state index < -0.39 is 5.97 Å². The van der Waals surface area contributed by atoms with E-state index in [0.29, 0.717) is 16.3 Å². The summed E-state index contributed by atoms with van der Waals surface area (Å²) in [6.07, 6.45) is 3.50. The van der Waals surface area contributed by atoms with Crippen LogP contribution in [0.5, 0.6) is 0 Å². The highest BCUT2D eigenvalue weighted by atomic mass is 35.5. The van der Waals surface area contributed by atoms with Gasteiger partial charge in [-0.15, -0.1) is 0 Å². The molecule has 3 rings (SSSR count). The molecule has 0 bridgehead atoms. The Bertz CT molecular complexity index is 822. The molecule has 2 aromatic heterocycles. The lowest BCUT2D eigenvalue weighted by molar-refractivity contribution is 0.0686. The van der Waals surface area contributed by atoms with Crippen LogP contribution in [0.4, 0.5) is 0 Å². The van der Waals surface area contributed by atoms with Crippen molar-refractivity contribution in [3.8, 4) is 17.0 Å². The number of rotatable bonds is 3. The molecule has 0 spiro atoms. The molecule has 0 amide bonds. The van der Waals surface area contributed by atoms with Crippen LogP contribution in [-0.2, 0) is 0 Å². The molecule has 106 valence electrons. The van der Waals surface area contributed by atoms with Crippen LogP contribution in [0.1, 0.15) is 16.3 Å². The molecule has 0 atom stereocenters. The summed E-state index contributed by atoms with van der Waals surface area (Å²) in [5, 5.41) is 12.8. The average Bonchev–Trinajstić information content (AvgIpc) is 3.07. The molecule has 0 radical (unpaired) electrons. The first-order valence-electron chi connectivity index (χ1n) is 6.06. The maximum atomic E-state index is 10.8. The van der Waals surface area contributed by atoms with E-state index in [1.807, 2.05) is 23.8 Å². The van der Waals surface area contributed by atoms with Gasteiger partial charge in [0.1, 0.15) is 5.82 Å². The van der Waals surface area contributed by atoms with Gasteiger partial charge in [0.05, 0.1) is 10.7 Å². The van der Waals surface area contributed by atoms with Gasteiger partial charge >= 0.3 is 5.97 Å². The van der Waals surface area contributed by atoms with E-state index in [0.717, 1.165) is 11.5 Å². The predicted molar refractivity (Wildman–Crippen MR) is 75.8 cm³/mol. The standard InChI is InChI=1S/C14H10ClN3O3/c1-8-16-4-5-18(8)12-3-2-9(6-10(12)15)13-7-11(14(19)20)17-21-13/h2-7H,1H3,(H,19,20). The number of carbonyl (C=O) groups is 1. The van der Waals surface area contributed by atoms with Gasteiger partial charge in [0.2, 0.25) is 0 Å². The molecule has 1 aromatic carbocycles. The Kier molecular flexibility index (Phi) is 3.23. The largest absolute Gasteiger partial charge is 0.476 e. The Labute approximate surface area is 124 Å². The van der Waals surface area contributed by atoms with Crippen LogP contribution < -0.4 is 0 Å². The van der Waals surface area contributed by atoms with Crippen LogP contribution in [0, 0.1) is 6.92 Å². The molecule has 2 heterocycles. The topological polar surface area (TPSA) is 81.2 Å². The molecule has 0 aliphatic carbocycles. The van der Waals surface area contributed by atoms with Crippen molar-refractivity contribution in [2.45, 2.75) is 6.92 Å². The van der Waals surface area contributed by atoms with Gasteiger partial charge in [0.25, 0.3) is 0 Å². The van der Waals surface area contributed by atoms with Crippen LogP contribution >= 0.6 is 11.6 Å². The van der Waals surface area contributed by atoms with Gasteiger partial charge in [-0.2, -0.15) is 0 Å². The molecule has 1 N–H and O–H groups in total. The zero-order valence-electron chi connectivity index (χ0n) is 10.9. The van der Waals surface area contributed by atoms with E-state index in [4.69, 9.17) is 21.2 Å². The quantitative estimate of drug-likeness (QED) is 0.803. The lowest BCUT2D eigenvalue weighted by Crippen LogP contribution is -1.96. The Hall–Kier alpha value is -2.60. The molecule has 0 unspecified atom stereocenters. The first kappa shape index (κ1) is 13.4. The van der Waals surface area contributed by atoms with E-state index in [9.17, 15) is 4.79 Å². The number of hydrogen-bond donors (Lipinski definition) is 1. The number of hydrogen-bond acceptors (Lipinski definition) is 4. The zero-order valence-corrected chi connectivity index (χ0v) is 11.7. The minimum absolute atomic E-state index is 0.143. The van der Waals surface area contributed by atoms with Crippen molar-refractivity contribution in [2.24, 2.45) is 0 Å². The number of aromatic nitrogens is 3. The average molecular weight is 304 g/mol. The molecule has 21 heavy (non-hydrogen) atoms. The van der Waals surface area contributed by atoms with Gasteiger partial charge in [-0.25, -0.2) is 9.78 Å². The third-order valence-corrected chi connectivity index (χ3v) is 3.35. The summed E-state index contributed by atoms with van der Waals surface area (Å²) in [7, 11) is 0. The first-order valence-corrected chi connectivity index (χ1v) is 6.44. The lowest BCUT2D eigenvalue weighted by Gasteiger charge is -2.08. The van der Waals surface area contributed by atoms with Crippen LogP contribution in [0.2, 0.25) is 5.02 Å². The van der Waals surface area contributed by atoms with Gasteiger partial charge in [-0.05, 0) is 25.1 Å². The Morgan fingerprint density at radius 3 is 2.76 bits per heavy atom. The van der Waals surface area contributed by atoms with Gasteiger partial charge in [0.15, 0.2) is 11.5 Å². The van der Waals surface area contributed by atoms with Crippen molar-refractivity contribution in [3.63, 3.8) is 0 Å². The smallest absolute Gasteiger partial charge is 0.358 e. The highest BCUT2D eigenvalue weighted by molar-refractivity contribution is 6.32. The van der Waals surface area contributed by atoms with Crippen LogP contribution in [0.3, 0.4) is 0 Å². The molecular weight excluding hydrogens is 294 g/mol. The SMILES string of the molecule is Cc1nccn1-c1ccc(-c2cc(C(=O)O)no2)cc1Cl.